The molecule has 2 aromatic rings. The van der Waals surface area contributed by atoms with Crippen molar-refractivity contribution in [1.82, 2.24) is 4.98 Å². The molecule has 4 heteroatoms. The van der Waals surface area contributed by atoms with Gasteiger partial charge in [-0.05, 0) is 37.8 Å². The van der Waals surface area contributed by atoms with Crippen molar-refractivity contribution in [1.29, 1.82) is 0 Å². The van der Waals surface area contributed by atoms with Crippen LogP contribution in [-0.4, -0.2) is 11.0 Å². The fourth-order valence-corrected chi connectivity index (χ4v) is 3.77. The molecular formula is C15H21N3S. The van der Waals surface area contributed by atoms with Crippen molar-refractivity contribution < 1.29 is 0 Å². The first-order chi connectivity index (χ1) is 9.25. The van der Waals surface area contributed by atoms with Gasteiger partial charge in [0.05, 0.1) is 21.6 Å². The molecule has 1 aliphatic rings. The zero-order chi connectivity index (χ0) is 13.2. The van der Waals surface area contributed by atoms with E-state index in [1.54, 1.807) is 11.3 Å². The van der Waals surface area contributed by atoms with E-state index in [2.05, 4.69) is 29.4 Å². The van der Waals surface area contributed by atoms with Gasteiger partial charge in [-0.25, -0.2) is 4.98 Å². The van der Waals surface area contributed by atoms with Gasteiger partial charge in [0.15, 0.2) is 0 Å². The molecule has 1 aromatic heterocycles. The molecule has 1 saturated carbocycles. The summed E-state index contributed by atoms with van der Waals surface area (Å²) in [5, 5.41) is 3.60. The van der Waals surface area contributed by atoms with Gasteiger partial charge in [-0.15, -0.1) is 11.3 Å². The first kappa shape index (κ1) is 12.7. The topological polar surface area (TPSA) is 50.9 Å². The number of hydrogen-bond donors (Lipinski definition) is 2. The van der Waals surface area contributed by atoms with Gasteiger partial charge in [-0.1, -0.05) is 19.3 Å². The molecule has 1 aliphatic carbocycles. The van der Waals surface area contributed by atoms with E-state index in [0.29, 0.717) is 6.04 Å². The molecule has 3 rings (SSSR count). The number of aromatic nitrogens is 1. The van der Waals surface area contributed by atoms with Crippen LogP contribution in [0.3, 0.4) is 0 Å². The summed E-state index contributed by atoms with van der Waals surface area (Å²) >= 11 is 1.64. The van der Waals surface area contributed by atoms with Crippen LogP contribution in [0.4, 0.5) is 11.4 Å². The van der Waals surface area contributed by atoms with Crippen LogP contribution in [-0.2, 0) is 0 Å². The normalized spacial score (nSPS) is 18.6. The molecule has 1 atom stereocenters. The lowest BCUT2D eigenvalue weighted by molar-refractivity contribution is 0.328. The maximum atomic E-state index is 6.22. The van der Waals surface area contributed by atoms with Crippen molar-refractivity contribution >= 4 is 32.9 Å². The number of fused-ring (bicyclic) bond motifs is 1. The Balaban J connectivity index is 1.78. The molecule has 0 bridgehead atoms. The van der Waals surface area contributed by atoms with E-state index < -0.39 is 0 Å². The molecule has 0 spiro atoms. The van der Waals surface area contributed by atoms with Crippen LogP contribution >= 0.6 is 11.3 Å². The molecule has 1 heterocycles. The molecule has 19 heavy (non-hydrogen) atoms. The molecule has 0 amide bonds. The zero-order valence-electron chi connectivity index (χ0n) is 11.4. The van der Waals surface area contributed by atoms with Gasteiger partial charge >= 0.3 is 0 Å². The number of anilines is 2. The van der Waals surface area contributed by atoms with E-state index in [1.165, 1.54) is 32.1 Å². The third kappa shape index (κ3) is 2.54. The van der Waals surface area contributed by atoms with Crippen LogP contribution in [0.5, 0.6) is 0 Å². The highest BCUT2D eigenvalue weighted by Gasteiger charge is 2.20. The molecule has 3 nitrogen and oxygen atoms in total. The second-order valence-corrected chi connectivity index (χ2v) is 6.44. The molecule has 102 valence electrons. The minimum Gasteiger partial charge on any atom is -0.395 e. The molecule has 3 N–H and O–H groups in total. The van der Waals surface area contributed by atoms with Crippen LogP contribution in [0.2, 0.25) is 0 Å². The second kappa shape index (κ2) is 5.37. The molecular weight excluding hydrogens is 254 g/mol. The predicted octanol–water partition coefficient (Wildman–Crippen LogP) is 4.26. The largest absolute Gasteiger partial charge is 0.395 e. The molecule has 1 unspecified atom stereocenters. The molecule has 0 radical (unpaired) electrons. The van der Waals surface area contributed by atoms with Gasteiger partial charge in [-0.3, -0.25) is 0 Å². The summed E-state index contributed by atoms with van der Waals surface area (Å²) in [6.07, 6.45) is 6.82. The Labute approximate surface area is 118 Å². The van der Waals surface area contributed by atoms with E-state index >= 15 is 0 Å². The van der Waals surface area contributed by atoms with E-state index in [4.69, 9.17) is 5.73 Å². The number of nitrogens with one attached hydrogen (secondary N) is 1. The first-order valence-corrected chi connectivity index (χ1v) is 8.02. The van der Waals surface area contributed by atoms with Gasteiger partial charge in [0.2, 0.25) is 0 Å². The minimum absolute atomic E-state index is 0.485. The quantitative estimate of drug-likeness (QED) is 0.823. The highest BCUT2D eigenvalue weighted by molar-refractivity contribution is 7.16. The average molecular weight is 275 g/mol. The van der Waals surface area contributed by atoms with Gasteiger partial charge in [0.25, 0.3) is 0 Å². The van der Waals surface area contributed by atoms with E-state index in [9.17, 15) is 0 Å². The maximum absolute atomic E-state index is 6.22. The summed E-state index contributed by atoms with van der Waals surface area (Å²) in [5.41, 5.74) is 10.8. The number of nitrogen functional groups attached to an aromatic ring is 1. The predicted molar refractivity (Wildman–Crippen MR) is 83.7 cm³/mol. The van der Waals surface area contributed by atoms with Crippen LogP contribution in [0.1, 0.15) is 39.0 Å². The Hall–Kier alpha value is -1.29. The lowest BCUT2D eigenvalue weighted by atomic mass is 9.84. The van der Waals surface area contributed by atoms with Crippen molar-refractivity contribution in [2.45, 2.75) is 45.1 Å². The van der Waals surface area contributed by atoms with Crippen molar-refractivity contribution in [3.63, 3.8) is 0 Å². The van der Waals surface area contributed by atoms with Crippen LogP contribution in [0, 0.1) is 5.92 Å². The van der Waals surface area contributed by atoms with Crippen molar-refractivity contribution in [2.75, 3.05) is 11.1 Å². The number of rotatable bonds is 3. The highest BCUT2D eigenvalue weighted by Crippen LogP contribution is 2.33. The third-order valence-corrected chi connectivity index (χ3v) is 5.08. The fourth-order valence-electron chi connectivity index (χ4n) is 3.08. The van der Waals surface area contributed by atoms with Crippen molar-refractivity contribution in [2.24, 2.45) is 5.92 Å². The van der Waals surface area contributed by atoms with E-state index in [-0.39, 0.29) is 0 Å². The molecule has 0 saturated heterocycles. The standard InChI is InChI=1S/C15H21N3S/c1-10(11-5-3-2-4-6-11)18-12-7-8-13-15(14(12)16)17-9-19-13/h7-11,18H,2-6,16H2,1H3. The Morgan fingerprint density at radius 3 is 2.89 bits per heavy atom. The smallest absolute Gasteiger partial charge is 0.106 e. The lowest BCUT2D eigenvalue weighted by Crippen LogP contribution is -2.28. The maximum Gasteiger partial charge on any atom is 0.106 e. The van der Waals surface area contributed by atoms with Gasteiger partial charge in [-0.2, -0.15) is 0 Å². The van der Waals surface area contributed by atoms with E-state index in [0.717, 1.165) is 27.5 Å². The number of nitrogens with two attached hydrogens (primary N) is 1. The van der Waals surface area contributed by atoms with Crippen LogP contribution in [0.15, 0.2) is 17.6 Å². The van der Waals surface area contributed by atoms with Crippen molar-refractivity contribution in [3.05, 3.63) is 17.6 Å². The van der Waals surface area contributed by atoms with Crippen LogP contribution in [0.25, 0.3) is 10.2 Å². The summed E-state index contributed by atoms with van der Waals surface area (Å²) in [4.78, 5) is 4.35. The average Bonchev–Trinajstić information content (AvgIpc) is 2.92. The molecule has 1 fully saturated rings. The minimum atomic E-state index is 0.485. The Morgan fingerprint density at radius 2 is 2.11 bits per heavy atom. The summed E-state index contributed by atoms with van der Waals surface area (Å²) in [6, 6.07) is 4.69. The van der Waals surface area contributed by atoms with E-state index in [1.807, 2.05) is 5.51 Å². The lowest BCUT2D eigenvalue weighted by Gasteiger charge is -2.29. The second-order valence-electron chi connectivity index (χ2n) is 5.56. The van der Waals surface area contributed by atoms with Crippen LogP contribution < -0.4 is 11.1 Å². The summed E-state index contributed by atoms with van der Waals surface area (Å²) in [5.74, 6) is 0.777. The number of benzene rings is 1. The SMILES string of the molecule is CC(Nc1ccc2scnc2c1N)C1CCCCC1. The highest BCUT2D eigenvalue weighted by atomic mass is 32.1. The number of hydrogen-bond acceptors (Lipinski definition) is 4. The number of thiazole rings is 1. The van der Waals surface area contributed by atoms with Gasteiger partial charge in [0.1, 0.15) is 5.52 Å². The van der Waals surface area contributed by atoms with Crippen molar-refractivity contribution in [3.8, 4) is 0 Å². The fraction of sp³-hybridized carbons (Fsp3) is 0.533. The number of nitrogens with zero attached hydrogens (tertiary/aromatic N) is 1. The van der Waals surface area contributed by atoms with Gasteiger partial charge in [0, 0.05) is 6.04 Å². The first-order valence-electron chi connectivity index (χ1n) is 7.14. The third-order valence-electron chi connectivity index (χ3n) is 4.28. The Bertz CT molecular complexity index is 558. The van der Waals surface area contributed by atoms with Gasteiger partial charge < -0.3 is 11.1 Å². The summed E-state index contributed by atoms with van der Waals surface area (Å²) in [7, 11) is 0. The summed E-state index contributed by atoms with van der Waals surface area (Å²) < 4.78 is 1.16. The molecule has 0 aliphatic heterocycles. The zero-order valence-corrected chi connectivity index (χ0v) is 12.2. The molecule has 1 aromatic carbocycles. The summed E-state index contributed by atoms with van der Waals surface area (Å²) in [6.45, 7) is 2.28. The Kier molecular flexibility index (Phi) is 3.60. The monoisotopic (exact) mass is 275 g/mol. The Morgan fingerprint density at radius 1 is 1.32 bits per heavy atom.